The smallest absolute Gasteiger partial charge is 0.340 e. The van der Waals surface area contributed by atoms with Gasteiger partial charge in [0, 0.05) is 11.4 Å². The summed E-state index contributed by atoms with van der Waals surface area (Å²) in [5.74, 6) is -1.47. The summed E-state index contributed by atoms with van der Waals surface area (Å²) in [4.78, 5) is 24.3. The SMILES string of the molecule is O=C(COC(=O)c1ccccc1Nc1ccc(F)cc1)Nc1ccc(O)cc1. The van der Waals surface area contributed by atoms with Crippen LogP contribution in [0.5, 0.6) is 5.75 Å². The molecule has 0 spiro atoms. The van der Waals surface area contributed by atoms with E-state index in [0.717, 1.165) is 0 Å². The number of carbonyl (C=O) groups is 2. The Hall–Kier alpha value is -3.87. The number of anilines is 3. The van der Waals surface area contributed by atoms with Gasteiger partial charge in [0.25, 0.3) is 5.91 Å². The molecular weight excluding hydrogens is 363 g/mol. The second kappa shape index (κ2) is 8.68. The Bertz CT molecular complexity index is 972. The zero-order chi connectivity index (χ0) is 19.9. The number of phenolic OH excluding ortho intramolecular Hbond substituents is 1. The Morgan fingerprint density at radius 1 is 0.893 bits per heavy atom. The van der Waals surface area contributed by atoms with Crippen molar-refractivity contribution in [1.29, 1.82) is 0 Å². The third-order valence-corrected chi connectivity index (χ3v) is 3.76. The summed E-state index contributed by atoms with van der Waals surface area (Å²) in [6, 6.07) is 18.2. The summed E-state index contributed by atoms with van der Waals surface area (Å²) in [5.41, 5.74) is 1.78. The summed E-state index contributed by atoms with van der Waals surface area (Å²) >= 11 is 0. The van der Waals surface area contributed by atoms with Gasteiger partial charge >= 0.3 is 5.97 Å². The van der Waals surface area contributed by atoms with Crippen molar-refractivity contribution in [3.05, 3.63) is 84.2 Å². The molecule has 3 aromatic rings. The standard InChI is InChI=1S/C21H17FN2O4/c22-14-5-7-15(8-6-14)23-19-4-2-1-3-18(19)21(27)28-13-20(26)24-16-9-11-17(25)12-10-16/h1-12,23,25H,13H2,(H,24,26). The number of esters is 1. The minimum Gasteiger partial charge on any atom is -0.508 e. The number of rotatable bonds is 6. The molecule has 0 aliphatic rings. The first-order valence-corrected chi connectivity index (χ1v) is 8.39. The number of ether oxygens (including phenoxy) is 1. The monoisotopic (exact) mass is 380 g/mol. The highest BCUT2D eigenvalue weighted by Gasteiger charge is 2.14. The van der Waals surface area contributed by atoms with Crippen LogP contribution < -0.4 is 10.6 Å². The molecule has 1 amide bonds. The van der Waals surface area contributed by atoms with Gasteiger partial charge in [-0.15, -0.1) is 0 Å². The second-order valence-corrected chi connectivity index (χ2v) is 5.85. The van der Waals surface area contributed by atoms with Gasteiger partial charge in [0.05, 0.1) is 11.3 Å². The molecule has 3 aromatic carbocycles. The average molecular weight is 380 g/mol. The molecule has 0 fully saturated rings. The van der Waals surface area contributed by atoms with Gasteiger partial charge in [-0.2, -0.15) is 0 Å². The van der Waals surface area contributed by atoms with Gasteiger partial charge in [-0.25, -0.2) is 9.18 Å². The Morgan fingerprint density at radius 2 is 1.54 bits per heavy atom. The lowest BCUT2D eigenvalue weighted by Crippen LogP contribution is -2.21. The van der Waals surface area contributed by atoms with Crippen LogP contribution in [-0.2, 0) is 9.53 Å². The Balaban J connectivity index is 1.61. The normalized spacial score (nSPS) is 10.2. The van der Waals surface area contributed by atoms with Crippen LogP contribution in [-0.4, -0.2) is 23.6 Å². The maximum atomic E-state index is 13.0. The van der Waals surface area contributed by atoms with Crippen LogP contribution in [0.1, 0.15) is 10.4 Å². The van der Waals surface area contributed by atoms with Crippen molar-refractivity contribution in [2.45, 2.75) is 0 Å². The van der Waals surface area contributed by atoms with Crippen LogP contribution >= 0.6 is 0 Å². The number of hydrogen-bond donors (Lipinski definition) is 3. The Labute approximate surface area is 160 Å². The second-order valence-electron chi connectivity index (χ2n) is 5.85. The molecule has 0 saturated carbocycles. The maximum absolute atomic E-state index is 13.0. The highest BCUT2D eigenvalue weighted by Crippen LogP contribution is 2.22. The molecule has 0 radical (unpaired) electrons. The Morgan fingerprint density at radius 3 is 2.25 bits per heavy atom. The van der Waals surface area contributed by atoms with Crippen molar-refractivity contribution >= 4 is 28.9 Å². The molecule has 0 bridgehead atoms. The topological polar surface area (TPSA) is 87.7 Å². The van der Waals surface area contributed by atoms with Gasteiger partial charge in [-0.1, -0.05) is 12.1 Å². The van der Waals surface area contributed by atoms with Crippen LogP contribution in [0.2, 0.25) is 0 Å². The first-order valence-electron chi connectivity index (χ1n) is 8.39. The molecular formula is C21H17FN2O4. The lowest BCUT2D eigenvalue weighted by atomic mass is 10.1. The highest BCUT2D eigenvalue weighted by atomic mass is 19.1. The molecule has 0 heterocycles. The third-order valence-electron chi connectivity index (χ3n) is 3.76. The van der Waals surface area contributed by atoms with Gasteiger partial charge < -0.3 is 20.5 Å². The lowest BCUT2D eigenvalue weighted by molar-refractivity contribution is -0.119. The fourth-order valence-corrected chi connectivity index (χ4v) is 2.41. The van der Waals surface area contributed by atoms with E-state index in [-0.39, 0.29) is 17.1 Å². The summed E-state index contributed by atoms with van der Waals surface area (Å²) < 4.78 is 18.1. The predicted molar refractivity (Wildman–Crippen MR) is 103 cm³/mol. The molecule has 0 aliphatic heterocycles. The molecule has 3 rings (SSSR count). The first-order chi connectivity index (χ1) is 13.5. The molecule has 0 saturated heterocycles. The maximum Gasteiger partial charge on any atom is 0.340 e. The van der Waals surface area contributed by atoms with Gasteiger partial charge in [0.15, 0.2) is 6.61 Å². The van der Waals surface area contributed by atoms with E-state index in [0.29, 0.717) is 17.1 Å². The molecule has 142 valence electrons. The van der Waals surface area contributed by atoms with Crippen molar-refractivity contribution in [1.82, 2.24) is 0 Å². The fourth-order valence-electron chi connectivity index (χ4n) is 2.41. The number of nitrogens with one attached hydrogen (secondary N) is 2. The van der Waals surface area contributed by atoms with Crippen LogP contribution in [0.3, 0.4) is 0 Å². The quantitative estimate of drug-likeness (QED) is 0.443. The van der Waals surface area contributed by atoms with Gasteiger partial charge in [0.1, 0.15) is 11.6 Å². The van der Waals surface area contributed by atoms with E-state index in [1.165, 1.54) is 36.4 Å². The third kappa shape index (κ3) is 5.07. The zero-order valence-electron chi connectivity index (χ0n) is 14.7. The first kappa shape index (κ1) is 18.9. The van der Waals surface area contributed by atoms with Crippen LogP contribution in [0, 0.1) is 5.82 Å². The number of para-hydroxylation sites is 1. The van der Waals surface area contributed by atoms with E-state index >= 15 is 0 Å². The molecule has 0 aliphatic carbocycles. The molecule has 0 aromatic heterocycles. The van der Waals surface area contributed by atoms with Crippen molar-refractivity contribution in [3.8, 4) is 5.75 Å². The summed E-state index contributed by atoms with van der Waals surface area (Å²) in [6.45, 7) is -0.468. The van der Waals surface area contributed by atoms with E-state index in [9.17, 15) is 19.1 Å². The highest BCUT2D eigenvalue weighted by molar-refractivity contribution is 5.99. The number of carbonyl (C=O) groups excluding carboxylic acids is 2. The van der Waals surface area contributed by atoms with E-state index in [1.54, 1.807) is 36.4 Å². The summed E-state index contributed by atoms with van der Waals surface area (Å²) in [5, 5.41) is 14.8. The Kier molecular flexibility index (Phi) is 5.86. The van der Waals surface area contributed by atoms with Crippen molar-refractivity contribution in [2.24, 2.45) is 0 Å². The number of benzene rings is 3. The summed E-state index contributed by atoms with van der Waals surface area (Å²) in [6.07, 6.45) is 0. The van der Waals surface area contributed by atoms with Gasteiger partial charge in [-0.05, 0) is 60.7 Å². The van der Waals surface area contributed by atoms with Gasteiger partial charge in [0.2, 0.25) is 0 Å². The average Bonchev–Trinajstić information content (AvgIpc) is 2.70. The number of amides is 1. The van der Waals surface area contributed by atoms with Crippen molar-refractivity contribution < 1.29 is 23.8 Å². The molecule has 3 N–H and O–H groups in total. The number of phenols is 1. The van der Waals surface area contributed by atoms with E-state index in [4.69, 9.17) is 4.74 Å². The number of halogens is 1. The largest absolute Gasteiger partial charge is 0.508 e. The number of hydrogen-bond acceptors (Lipinski definition) is 5. The minimum absolute atomic E-state index is 0.0784. The van der Waals surface area contributed by atoms with E-state index in [2.05, 4.69) is 10.6 Å². The molecule has 6 nitrogen and oxygen atoms in total. The van der Waals surface area contributed by atoms with E-state index in [1.807, 2.05) is 0 Å². The fraction of sp³-hybridized carbons (Fsp3) is 0.0476. The summed E-state index contributed by atoms with van der Waals surface area (Å²) in [7, 11) is 0. The van der Waals surface area contributed by atoms with Crippen LogP contribution in [0.4, 0.5) is 21.5 Å². The molecule has 7 heteroatoms. The lowest BCUT2D eigenvalue weighted by Gasteiger charge is -2.12. The molecule has 0 unspecified atom stereocenters. The van der Waals surface area contributed by atoms with Gasteiger partial charge in [-0.3, -0.25) is 4.79 Å². The van der Waals surface area contributed by atoms with Crippen LogP contribution in [0.25, 0.3) is 0 Å². The van der Waals surface area contributed by atoms with Crippen molar-refractivity contribution in [3.63, 3.8) is 0 Å². The van der Waals surface area contributed by atoms with Crippen molar-refractivity contribution in [2.75, 3.05) is 17.2 Å². The number of aromatic hydroxyl groups is 1. The van der Waals surface area contributed by atoms with E-state index < -0.39 is 18.5 Å². The zero-order valence-corrected chi connectivity index (χ0v) is 14.7. The van der Waals surface area contributed by atoms with Crippen LogP contribution in [0.15, 0.2) is 72.8 Å². The minimum atomic E-state index is -0.675. The molecule has 0 atom stereocenters. The predicted octanol–water partition coefficient (Wildman–Crippen LogP) is 4.07. The molecule has 28 heavy (non-hydrogen) atoms.